The molecule has 124 valence electrons. The summed E-state index contributed by atoms with van der Waals surface area (Å²) in [7, 11) is 0. The smallest absolute Gasteiger partial charge is 0.229 e. The first kappa shape index (κ1) is 16.5. The molecule has 1 heterocycles. The maximum absolute atomic E-state index is 12.5. The van der Waals surface area contributed by atoms with Gasteiger partial charge in [-0.25, -0.2) is 0 Å². The lowest BCUT2D eigenvalue weighted by Crippen LogP contribution is -2.28. The summed E-state index contributed by atoms with van der Waals surface area (Å²) in [6.45, 7) is 4.22. The van der Waals surface area contributed by atoms with Gasteiger partial charge in [0.05, 0.1) is 5.92 Å². The van der Waals surface area contributed by atoms with E-state index in [1.165, 1.54) is 0 Å². The summed E-state index contributed by atoms with van der Waals surface area (Å²) >= 11 is 6.14. The van der Waals surface area contributed by atoms with Gasteiger partial charge in [0.15, 0.2) is 0 Å². The Bertz CT molecular complexity index is 804. The van der Waals surface area contributed by atoms with Gasteiger partial charge in [-0.05, 0) is 49.2 Å². The molecular weight excluding hydrogens is 324 g/mol. The Morgan fingerprint density at radius 2 is 1.96 bits per heavy atom. The zero-order chi connectivity index (χ0) is 17.3. The highest BCUT2D eigenvalue weighted by molar-refractivity contribution is 6.31. The summed E-state index contributed by atoms with van der Waals surface area (Å²) in [4.78, 5) is 26.5. The van der Waals surface area contributed by atoms with Gasteiger partial charge in [0.1, 0.15) is 0 Å². The Balaban J connectivity index is 1.74. The highest BCUT2D eigenvalue weighted by atomic mass is 35.5. The highest BCUT2D eigenvalue weighted by Crippen LogP contribution is 2.31. The second kappa shape index (κ2) is 6.65. The van der Waals surface area contributed by atoms with Gasteiger partial charge in [-0.15, -0.1) is 0 Å². The molecule has 5 heteroatoms. The van der Waals surface area contributed by atoms with E-state index in [9.17, 15) is 9.59 Å². The van der Waals surface area contributed by atoms with Crippen molar-refractivity contribution in [2.24, 2.45) is 5.92 Å². The largest absolute Gasteiger partial charge is 0.326 e. The molecular formula is C19H19ClN2O2. The summed E-state index contributed by atoms with van der Waals surface area (Å²) in [5.74, 6) is -0.544. The molecule has 0 aromatic heterocycles. The lowest BCUT2D eigenvalue weighted by atomic mass is 10.1. The van der Waals surface area contributed by atoms with Crippen LogP contribution in [0.3, 0.4) is 0 Å². The highest BCUT2D eigenvalue weighted by Gasteiger charge is 2.35. The summed E-state index contributed by atoms with van der Waals surface area (Å²) in [5, 5.41) is 3.52. The van der Waals surface area contributed by atoms with Crippen molar-refractivity contribution in [1.82, 2.24) is 0 Å². The van der Waals surface area contributed by atoms with E-state index in [0.29, 0.717) is 11.6 Å². The zero-order valence-corrected chi connectivity index (χ0v) is 14.4. The minimum atomic E-state index is -0.364. The Morgan fingerprint density at radius 3 is 2.71 bits per heavy atom. The summed E-state index contributed by atoms with van der Waals surface area (Å²) in [6, 6.07) is 13.1. The Hall–Kier alpha value is -2.33. The number of nitrogens with zero attached hydrogens (tertiary/aromatic N) is 1. The van der Waals surface area contributed by atoms with Crippen LogP contribution in [0.4, 0.5) is 11.4 Å². The van der Waals surface area contributed by atoms with Crippen molar-refractivity contribution in [1.29, 1.82) is 0 Å². The molecule has 1 unspecified atom stereocenters. The van der Waals surface area contributed by atoms with Gasteiger partial charge in [-0.3, -0.25) is 9.59 Å². The van der Waals surface area contributed by atoms with Crippen molar-refractivity contribution in [3.63, 3.8) is 0 Å². The number of nitrogens with one attached hydrogen (secondary N) is 1. The van der Waals surface area contributed by atoms with Gasteiger partial charge in [0, 0.05) is 29.4 Å². The first-order valence-electron chi connectivity index (χ1n) is 7.88. The topological polar surface area (TPSA) is 49.4 Å². The molecule has 1 atom stereocenters. The third kappa shape index (κ3) is 3.29. The van der Waals surface area contributed by atoms with Crippen LogP contribution in [0.5, 0.6) is 0 Å². The van der Waals surface area contributed by atoms with Crippen LogP contribution in [0, 0.1) is 19.8 Å². The number of rotatable bonds is 3. The van der Waals surface area contributed by atoms with Crippen LogP contribution in [0.1, 0.15) is 17.5 Å². The van der Waals surface area contributed by atoms with Crippen molar-refractivity contribution >= 4 is 34.8 Å². The molecule has 1 aliphatic rings. The summed E-state index contributed by atoms with van der Waals surface area (Å²) < 4.78 is 0. The first-order valence-corrected chi connectivity index (χ1v) is 8.26. The molecule has 1 N–H and O–H groups in total. The fourth-order valence-corrected chi connectivity index (χ4v) is 3.14. The molecule has 24 heavy (non-hydrogen) atoms. The third-order valence-corrected chi connectivity index (χ3v) is 4.72. The van der Waals surface area contributed by atoms with Crippen molar-refractivity contribution in [3.05, 3.63) is 58.6 Å². The molecule has 2 aromatic rings. The Labute approximate surface area is 146 Å². The fourth-order valence-electron chi connectivity index (χ4n) is 2.97. The molecule has 0 aliphatic carbocycles. The number of halogens is 1. The van der Waals surface area contributed by atoms with Crippen LogP contribution in [0.2, 0.25) is 5.02 Å². The summed E-state index contributed by atoms with van der Waals surface area (Å²) in [6.07, 6.45) is 0.212. The number of hydrogen-bond acceptors (Lipinski definition) is 2. The maximum atomic E-state index is 12.5. The van der Waals surface area contributed by atoms with Crippen LogP contribution in [-0.4, -0.2) is 18.4 Å². The first-order chi connectivity index (χ1) is 11.5. The molecule has 3 rings (SSSR count). The maximum Gasteiger partial charge on any atom is 0.229 e. The van der Waals surface area contributed by atoms with Gasteiger partial charge in [0.25, 0.3) is 0 Å². The molecule has 1 aliphatic heterocycles. The van der Waals surface area contributed by atoms with Gasteiger partial charge < -0.3 is 10.2 Å². The predicted molar refractivity (Wildman–Crippen MR) is 96.5 cm³/mol. The molecule has 1 saturated heterocycles. The lowest BCUT2D eigenvalue weighted by molar-refractivity contribution is -0.122. The second-order valence-corrected chi connectivity index (χ2v) is 6.56. The van der Waals surface area contributed by atoms with E-state index >= 15 is 0 Å². The average molecular weight is 343 g/mol. The van der Waals surface area contributed by atoms with E-state index in [4.69, 9.17) is 11.6 Å². The van der Waals surface area contributed by atoms with Crippen LogP contribution < -0.4 is 10.2 Å². The zero-order valence-electron chi connectivity index (χ0n) is 13.7. The molecule has 0 spiro atoms. The number of amides is 2. The number of carbonyl (C=O) groups excluding carboxylic acids is 2. The molecule has 2 aromatic carbocycles. The second-order valence-electron chi connectivity index (χ2n) is 6.15. The van der Waals surface area contributed by atoms with E-state index in [1.54, 1.807) is 11.0 Å². The van der Waals surface area contributed by atoms with Gasteiger partial charge in [0.2, 0.25) is 11.8 Å². The van der Waals surface area contributed by atoms with Crippen LogP contribution in [-0.2, 0) is 9.59 Å². The fraction of sp³-hybridized carbons (Fsp3) is 0.263. The predicted octanol–water partition coefficient (Wildman–Crippen LogP) is 3.95. The van der Waals surface area contributed by atoms with Crippen molar-refractivity contribution < 1.29 is 9.59 Å². The van der Waals surface area contributed by atoms with Crippen molar-refractivity contribution in [2.45, 2.75) is 20.3 Å². The van der Waals surface area contributed by atoms with Gasteiger partial charge in [-0.1, -0.05) is 29.8 Å². The molecule has 1 fully saturated rings. The Kier molecular flexibility index (Phi) is 4.58. The Morgan fingerprint density at radius 1 is 1.21 bits per heavy atom. The van der Waals surface area contributed by atoms with Gasteiger partial charge in [-0.2, -0.15) is 0 Å². The summed E-state index contributed by atoms with van der Waals surface area (Å²) in [5.41, 5.74) is 3.46. The molecule has 2 amide bonds. The van der Waals surface area contributed by atoms with Crippen LogP contribution in [0.15, 0.2) is 42.5 Å². The lowest BCUT2D eigenvalue weighted by Gasteiger charge is -2.19. The normalized spacial score (nSPS) is 17.2. The van der Waals surface area contributed by atoms with E-state index in [1.807, 2.05) is 50.2 Å². The minimum Gasteiger partial charge on any atom is -0.326 e. The van der Waals surface area contributed by atoms with Crippen LogP contribution >= 0.6 is 11.6 Å². The number of benzene rings is 2. The molecule has 0 radical (unpaired) electrons. The molecule has 0 bridgehead atoms. The van der Waals surface area contributed by atoms with E-state index < -0.39 is 0 Å². The molecule has 4 nitrogen and oxygen atoms in total. The standard InChI is InChI=1S/C19H19ClN2O2/c1-12-5-3-6-15(9-12)21-19(24)14-10-18(23)22(11-14)17-8-4-7-16(20)13(17)2/h3-9,14H,10-11H2,1-2H3,(H,21,24). The van der Waals surface area contributed by atoms with Crippen LogP contribution in [0.25, 0.3) is 0 Å². The van der Waals surface area contributed by atoms with Crippen molar-refractivity contribution in [2.75, 3.05) is 16.8 Å². The number of hydrogen-bond donors (Lipinski definition) is 1. The van der Waals surface area contributed by atoms with E-state index in [-0.39, 0.29) is 24.2 Å². The van der Waals surface area contributed by atoms with E-state index in [2.05, 4.69) is 5.32 Å². The monoisotopic (exact) mass is 342 g/mol. The van der Waals surface area contributed by atoms with Crippen molar-refractivity contribution in [3.8, 4) is 0 Å². The minimum absolute atomic E-state index is 0.0511. The number of aryl methyl sites for hydroxylation is 1. The van der Waals surface area contributed by atoms with Gasteiger partial charge >= 0.3 is 0 Å². The SMILES string of the molecule is Cc1cccc(NC(=O)C2CC(=O)N(c3cccc(Cl)c3C)C2)c1. The average Bonchev–Trinajstić information content (AvgIpc) is 2.92. The van der Waals surface area contributed by atoms with E-state index in [0.717, 1.165) is 22.5 Å². The molecule has 0 saturated carbocycles. The number of carbonyl (C=O) groups is 2. The third-order valence-electron chi connectivity index (χ3n) is 4.31. The quantitative estimate of drug-likeness (QED) is 0.918. The number of anilines is 2.